The largest absolute Gasteiger partial charge is 0.479 e. The molecule has 0 saturated heterocycles. The first-order valence-corrected chi connectivity index (χ1v) is 11.2. The molecule has 2 atom stereocenters. The van der Waals surface area contributed by atoms with Crippen LogP contribution >= 0.6 is 11.3 Å². The fourth-order valence-electron chi connectivity index (χ4n) is 3.01. The Morgan fingerprint density at radius 3 is 2.79 bits per heavy atom. The minimum absolute atomic E-state index is 0.0840. The van der Waals surface area contributed by atoms with Crippen molar-refractivity contribution >= 4 is 23.2 Å². The number of nitrogens with one attached hydrogen (secondary N) is 1. The number of aliphatic carboxylic acids is 1. The van der Waals surface area contributed by atoms with Crippen molar-refractivity contribution in [1.29, 1.82) is 0 Å². The van der Waals surface area contributed by atoms with E-state index in [0.29, 0.717) is 11.5 Å². The van der Waals surface area contributed by atoms with Crippen LogP contribution in [-0.2, 0) is 27.2 Å². The number of carbonyl (C=O) groups is 2. The number of hydrogen-bond acceptors (Lipinski definition) is 8. The fourth-order valence-corrected chi connectivity index (χ4v) is 3.87. The Labute approximate surface area is 199 Å². The lowest BCUT2D eigenvalue weighted by Crippen LogP contribution is -2.23. The lowest BCUT2D eigenvalue weighted by molar-refractivity contribution is -0.144. The molecule has 1 aliphatic heterocycles. The van der Waals surface area contributed by atoms with Crippen molar-refractivity contribution in [3.05, 3.63) is 89.0 Å². The van der Waals surface area contributed by atoms with Crippen LogP contribution in [0.5, 0.6) is 10.9 Å². The highest BCUT2D eigenvalue weighted by atomic mass is 32.1. The molecule has 34 heavy (non-hydrogen) atoms. The highest BCUT2D eigenvalue weighted by Crippen LogP contribution is 2.26. The maximum atomic E-state index is 12.8. The molecule has 2 N–H and O–H groups in total. The number of carboxylic acid groups (broad SMARTS) is 1. The minimum Gasteiger partial charge on any atom is -0.479 e. The first-order valence-electron chi connectivity index (χ1n) is 10.4. The van der Waals surface area contributed by atoms with Gasteiger partial charge in [0.15, 0.2) is 17.4 Å². The number of hydrogen-bond donors (Lipinski definition) is 2. The number of rotatable bonds is 10. The van der Waals surface area contributed by atoms with E-state index in [9.17, 15) is 9.59 Å². The number of carbonyl (C=O) groups excluding carboxylic acids is 1. The van der Waals surface area contributed by atoms with Gasteiger partial charge in [-0.1, -0.05) is 30.3 Å². The number of ether oxygens (including phenoxy) is 4. The lowest BCUT2D eigenvalue weighted by atomic mass is 10.1. The monoisotopic (exact) mass is 482 g/mol. The van der Waals surface area contributed by atoms with Crippen molar-refractivity contribution in [1.82, 2.24) is 10.3 Å². The maximum Gasteiger partial charge on any atom is 0.344 e. The standard InChI is InChI=1S/C24H22N2O7S/c1-15(24(28)29)31-21-10-9-17(34-21)13-26-22(27)18-8-5-11-25-23(18)33-20-14-30-19(32-20)12-16-6-3-2-4-7-16/h2-11,14-15,19H,12-13H2,1H3,(H,26,27)(H,28,29). The van der Waals surface area contributed by atoms with Gasteiger partial charge in [-0.25, -0.2) is 9.78 Å². The van der Waals surface area contributed by atoms with Crippen LogP contribution < -0.4 is 14.8 Å². The molecule has 9 nitrogen and oxygen atoms in total. The molecule has 176 valence electrons. The number of pyridine rings is 1. The van der Waals surface area contributed by atoms with Gasteiger partial charge < -0.3 is 29.4 Å². The summed E-state index contributed by atoms with van der Waals surface area (Å²) in [7, 11) is 0. The van der Waals surface area contributed by atoms with Gasteiger partial charge in [0, 0.05) is 17.5 Å². The summed E-state index contributed by atoms with van der Waals surface area (Å²) in [6.07, 6.45) is 1.92. The van der Waals surface area contributed by atoms with Crippen LogP contribution in [0.25, 0.3) is 0 Å². The molecule has 10 heteroatoms. The van der Waals surface area contributed by atoms with Gasteiger partial charge in [0.2, 0.25) is 12.2 Å². The molecule has 2 aromatic heterocycles. The van der Waals surface area contributed by atoms with E-state index in [1.807, 2.05) is 30.3 Å². The Morgan fingerprint density at radius 2 is 2.00 bits per heavy atom. The number of amides is 1. The molecular weight excluding hydrogens is 460 g/mol. The number of benzene rings is 1. The van der Waals surface area contributed by atoms with E-state index in [-0.39, 0.29) is 23.9 Å². The van der Waals surface area contributed by atoms with E-state index in [1.165, 1.54) is 30.7 Å². The average Bonchev–Trinajstić information content (AvgIpc) is 3.47. The lowest BCUT2D eigenvalue weighted by Gasteiger charge is -2.13. The third kappa shape index (κ3) is 6.04. The van der Waals surface area contributed by atoms with E-state index < -0.39 is 24.3 Å². The van der Waals surface area contributed by atoms with Gasteiger partial charge in [-0.2, -0.15) is 0 Å². The summed E-state index contributed by atoms with van der Waals surface area (Å²) in [6, 6.07) is 16.4. The Balaban J connectivity index is 1.32. The molecule has 0 aliphatic carbocycles. The molecule has 1 aromatic carbocycles. The van der Waals surface area contributed by atoms with Gasteiger partial charge in [0.05, 0.1) is 6.54 Å². The Kier molecular flexibility index (Phi) is 7.28. The predicted octanol–water partition coefficient (Wildman–Crippen LogP) is 3.72. The second-order valence-electron chi connectivity index (χ2n) is 7.27. The number of thiophene rings is 1. The van der Waals surface area contributed by atoms with Crippen LogP contribution in [0.15, 0.2) is 73.0 Å². The number of nitrogens with zero attached hydrogens (tertiary/aromatic N) is 1. The van der Waals surface area contributed by atoms with Crippen molar-refractivity contribution < 1.29 is 33.6 Å². The normalized spacial score (nSPS) is 15.4. The van der Waals surface area contributed by atoms with E-state index in [0.717, 1.165) is 10.4 Å². The number of aromatic nitrogens is 1. The topological polar surface area (TPSA) is 116 Å². The SMILES string of the molecule is CC(Oc1ccc(CNC(=O)c2cccnc2OC2=COC(Cc3ccccc3)O2)s1)C(=O)O. The van der Waals surface area contributed by atoms with Crippen LogP contribution in [-0.4, -0.2) is 34.4 Å². The first kappa shape index (κ1) is 23.1. The summed E-state index contributed by atoms with van der Waals surface area (Å²) in [4.78, 5) is 28.6. The second kappa shape index (κ2) is 10.7. The van der Waals surface area contributed by atoms with E-state index >= 15 is 0 Å². The highest BCUT2D eigenvalue weighted by Gasteiger charge is 2.24. The van der Waals surface area contributed by atoms with Gasteiger partial charge in [0.1, 0.15) is 5.56 Å². The van der Waals surface area contributed by atoms with Crippen molar-refractivity contribution in [2.75, 3.05) is 0 Å². The predicted molar refractivity (Wildman–Crippen MR) is 122 cm³/mol. The molecule has 1 amide bonds. The first-order chi connectivity index (χ1) is 16.5. The molecule has 0 radical (unpaired) electrons. The summed E-state index contributed by atoms with van der Waals surface area (Å²) in [6.45, 7) is 1.68. The zero-order valence-corrected chi connectivity index (χ0v) is 19.0. The van der Waals surface area contributed by atoms with Gasteiger partial charge in [-0.3, -0.25) is 4.79 Å². The van der Waals surface area contributed by atoms with Gasteiger partial charge in [0.25, 0.3) is 5.91 Å². The third-order valence-corrected chi connectivity index (χ3v) is 5.70. The average molecular weight is 483 g/mol. The molecule has 0 fully saturated rings. The molecule has 4 rings (SSSR count). The van der Waals surface area contributed by atoms with Crippen LogP contribution in [0.4, 0.5) is 0 Å². The molecule has 1 aliphatic rings. The summed E-state index contributed by atoms with van der Waals surface area (Å²) in [5.41, 5.74) is 1.28. The number of carboxylic acids is 1. The van der Waals surface area contributed by atoms with Crippen molar-refractivity contribution in [2.45, 2.75) is 32.3 Å². The maximum absolute atomic E-state index is 12.8. The van der Waals surface area contributed by atoms with Crippen LogP contribution in [0.2, 0.25) is 0 Å². The summed E-state index contributed by atoms with van der Waals surface area (Å²) in [5.74, 6) is -1.24. The van der Waals surface area contributed by atoms with Crippen LogP contribution in [0.1, 0.15) is 27.7 Å². The summed E-state index contributed by atoms with van der Waals surface area (Å²) in [5, 5.41) is 12.2. The minimum atomic E-state index is -1.05. The Bertz CT molecular complexity index is 1180. The second-order valence-corrected chi connectivity index (χ2v) is 8.40. The molecule has 0 bridgehead atoms. The van der Waals surface area contributed by atoms with Gasteiger partial charge in [-0.05, 0) is 36.8 Å². The van der Waals surface area contributed by atoms with Gasteiger partial charge in [-0.15, -0.1) is 11.3 Å². The zero-order chi connectivity index (χ0) is 23.9. The van der Waals surface area contributed by atoms with Crippen molar-refractivity contribution in [2.24, 2.45) is 0 Å². The van der Waals surface area contributed by atoms with Gasteiger partial charge >= 0.3 is 11.9 Å². The molecule has 3 aromatic rings. The summed E-state index contributed by atoms with van der Waals surface area (Å²) >= 11 is 1.25. The van der Waals surface area contributed by atoms with E-state index in [2.05, 4.69) is 10.3 Å². The third-order valence-electron chi connectivity index (χ3n) is 4.72. The smallest absolute Gasteiger partial charge is 0.344 e. The van der Waals surface area contributed by atoms with Crippen molar-refractivity contribution in [3.8, 4) is 10.9 Å². The molecule has 2 unspecified atom stereocenters. The van der Waals surface area contributed by atoms with E-state index in [4.69, 9.17) is 24.1 Å². The fraction of sp³-hybridized carbons (Fsp3) is 0.208. The quantitative estimate of drug-likeness (QED) is 0.449. The summed E-state index contributed by atoms with van der Waals surface area (Å²) < 4.78 is 22.2. The highest BCUT2D eigenvalue weighted by molar-refractivity contribution is 7.13. The van der Waals surface area contributed by atoms with Crippen LogP contribution in [0.3, 0.4) is 0 Å². The molecule has 0 saturated carbocycles. The molecule has 3 heterocycles. The van der Waals surface area contributed by atoms with Crippen LogP contribution in [0, 0.1) is 0 Å². The molecule has 0 spiro atoms. The van der Waals surface area contributed by atoms with E-state index in [1.54, 1.807) is 24.3 Å². The zero-order valence-electron chi connectivity index (χ0n) is 18.2. The Hall–Kier alpha value is -4.05. The molecular formula is C24H22N2O7S. The Morgan fingerprint density at radius 1 is 1.18 bits per heavy atom. The van der Waals surface area contributed by atoms with Crippen molar-refractivity contribution in [3.63, 3.8) is 0 Å².